The summed E-state index contributed by atoms with van der Waals surface area (Å²) < 4.78 is 51.5. The van der Waals surface area contributed by atoms with Gasteiger partial charge in [0.2, 0.25) is 0 Å². The summed E-state index contributed by atoms with van der Waals surface area (Å²) in [5.41, 5.74) is 0. The summed E-state index contributed by atoms with van der Waals surface area (Å²) in [7, 11) is -3.65. The number of carbonyl (C=O) groups is 2. The molecule has 0 aliphatic carbocycles. The molecule has 1 aliphatic rings. The van der Waals surface area contributed by atoms with E-state index in [4.69, 9.17) is 9.16 Å². The molecular weight excluding hydrogens is 437 g/mol. The van der Waals surface area contributed by atoms with Crippen LogP contribution in [0.3, 0.4) is 0 Å². The van der Waals surface area contributed by atoms with E-state index in [1.807, 2.05) is 6.55 Å². The number of ether oxygens (including phenoxy) is 2. The van der Waals surface area contributed by atoms with Gasteiger partial charge in [0.15, 0.2) is 17.4 Å². The van der Waals surface area contributed by atoms with Crippen LogP contribution in [0.2, 0.25) is 31.2 Å². The first-order chi connectivity index (χ1) is 14.0. The third-order valence-corrected chi connectivity index (χ3v) is 10.1. The van der Waals surface area contributed by atoms with Gasteiger partial charge in [-0.15, -0.1) is 0 Å². The Morgan fingerprint density at radius 2 is 1.83 bits per heavy atom. The van der Waals surface area contributed by atoms with Crippen LogP contribution in [-0.4, -0.2) is 60.1 Å². The van der Waals surface area contributed by atoms with E-state index in [-0.39, 0.29) is 25.6 Å². The van der Waals surface area contributed by atoms with Crippen molar-refractivity contribution in [1.82, 2.24) is 0 Å². The maximum absolute atomic E-state index is 12.0. The van der Waals surface area contributed by atoms with Crippen molar-refractivity contribution < 1.29 is 41.5 Å². The fraction of sp³-hybridized carbons (Fsp3) is 0.895. The first-order valence-electron chi connectivity index (χ1n) is 10.7. The number of carbonyl (C=O) groups excluding carboxylic acids is 2. The summed E-state index contributed by atoms with van der Waals surface area (Å²) in [5, 5.41) is 0. The Morgan fingerprint density at radius 1 is 1.13 bits per heavy atom. The molecule has 6 nitrogen and oxygen atoms in total. The summed E-state index contributed by atoms with van der Waals surface area (Å²) in [4.78, 5) is 32.9. The van der Waals surface area contributed by atoms with E-state index >= 15 is 0 Å². The standard InChI is InChI=1S/C19H35F3O6Si2/c1-29(12-5-7-16-15-17(23)28-18(16)24)27-10-3-4-13-30(2,25)14-6-9-26-11-8-19(20,21)22/h16,25,29H,3-15H2,1-2H3. The quantitative estimate of drug-likeness (QED) is 0.159. The fourth-order valence-electron chi connectivity index (χ4n) is 3.34. The van der Waals surface area contributed by atoms with E-state index in [9.17, 15) is 27.6 Å². The van der Waals surface area contributed by atoms with Crippen LogP contribution in [0, 0.1) is 5.92 Å². The lowest BCUT2D eigenvalue weighted by Crippen LogP contribution is -2.30. The molecule has 0 aromatic heterocycles. The highest BCUT2D eigenvalue weighted by atomic mass is 28.4. The SMILES string of the molecule is C[SiH](CCCC1CC(=O)OC1=O)OCCCC[Si](C)(O)CCCOCCC(F)(F)F. The molecule has 0 aromatic carbocycles. The molecule has 0 radical (unpaired) electrons. The second-order valence-corrected chi connectivity index (χ2v) is 14.9. The second kappa shape index (κ2) is 13.6. The van der Waals surface area contributed by atoms with Crippen LogP contribution in [0.4, 0.5) is 13.2 Å². The summed E-state index contributed by atoms with van der Waals surface area (Å²) in [6.45, 7) is 4.57. The second-order valence-electron chi connectivity index (χ2n) is 8.34. The lowest BCUT2D eigenvalue weighted by Gasteiger charge is -2.20. The largest absolute Gasteiger partial charge is 0.432 e. The molecule has 1 N–H and O–H groups in total. The van der Waals surface area contributed by atoms with Crippen LogP contribution >= 0.6 is 0 Å². The minimum Gasteiger partial charge on any atom is -0.432 e. The van der Waals surface area contributed by atoms with Gasteiger partial charge in [-0.1, -0.05) is 12.8 Å². The van der Waals surface area contributed by atoms with Crippen molar-refractivity contribution in [3.8, 4) is 0 Å². The monoisotopic (exact) mass is 472 g/mol. The number of esters is 2. The molecule has 1 saturated heterocycles. The molecular formula is C19H35F3O6Si2. The molecule has 1 aliphatic heterocycles. The minimum absolute atomic E-state index is 0.194. The number of unbranched alkanes of at least 4 members (excludes halogenated alkanes) is 1. The summed E-state index contributed by atoms with van der Waals surface area (Å²) >= 11 is 0. The summed E-state index contributed by atoms with van der Waals surface area (Å²) in [6.07, 6.45) is -1.09. The van der Waals surface area contributed by atoms with Gasteiger partial charge >= 0.3 is 18.1 Å². The molecule has 3 unspecified atom stereocenters. The van der Waals surface area contributed by atoms with Gasteiger partial charge in [0.05, 0.1) is 25.4 Å². The molecule has 1 heterocycles. The van der Waals surface area contributed by atoms with Crippen LogP contribution in [-0.2, 0) is 23.5 Å². The van der Waals surface area contributed by atoms with Gasteiger partial charge in [-0.2, -0.15) is 13.2 Å². The number of alkyl halides is 3. The number of cyclic esters (lactones) is 2. The van der Waals surface area contributed by atoms with E-state index in [1.165, 1.54) is 0 Å². The Kier molecular flexibility index (Phi) is 12.4. The third-order valence-electron chi connectivity index (χ3n) is 5.17. The van der Waals surface area contributed by atoms with Gasteiger partial charge in [0, 0.05) is 13.2 Å². The predicted molar refractivity (Wildman–Crippen MR) is 111 cm³/mol. The molecule has 176 valence electrons. The zero-order valence-electron chi connectivity index (χ0n) is 18.0. The Labute approximate surface area is 179 Å². The fourth-order valence-corrected chi connectivity index (χ4v) is 7.05. The molecule has 30 heavy (non-hydrogen) atoms. The van der Waals surface area contributed by atoms with E-state index < -0.39 is 41.9 Å². The molecule has 0 amide bonds. The van der Waals surface area contributed by atoms with Crippen molar-refractivity contribution in [1.29, 1.82) is 0 Å². The zero-order valence-corrected chi connectivity index (χ0v) is 20.1. The van der Waals surface area contributed by atoms with Crippen molar-refractivity contribution in [3.63, 3.8) is 0 Å². The van der Waals surface area contributed by atoms with Crippen LogP contribution in [0.25, 0.3) is 0 Å². The van der Waals surface area contributed by atoms with Gasteiger partial charge in [-0.05, 0) is 50.5 Å². The smallest absolute Gasteiger partial charge is 0.391 e. The minimum atomic E-state index is -4.19. The Balaban J connectivity index is 1.98. The molecule has 1 fully saturated rings. The average Bonchev–Trinajstić information content (AvgIpc) is 2.94. The van der Waals surface area contributed by atoms with Crippen LogP contribution in [0.1, 0.15) is 44.9 Å². The van der Waals surface area contributed by atoms with E-state index in [1.54, 1.807) is 0 Å². The van der Waals surface area contributed by atoms with Gasteiger partial charge < -0.3 is 18.7 Å². The molecule has 0 aromatic rings. The number of halogens is 3. The molecule has 0 bridgehead atoms. The summed E-state index contributed by atoms with van der Waals surface area (Å²) in [5.74, 6) is -1.12. The van der Waals surface area contributed by atoms with Crippen molar-refractivity contribution in [2.75, 3.05) is 19.8 Å². The predicted octanol–water partition coefficient (Wildman–Crippen LogP) is 3.93. The van der Waals surface area contributed by atoms with E-state index in [2.05, 4.69) is 11.3 Å². The average molecular weight is 473 g/mol. The Hall–Kier alpha value is -0.756. The molecule has 11 heteroatoms. The Bertz CT molecular complexity index is 531. The van der Waals surface area contributed by atoms with Crippen LogP contribution < -0.4 is 0 Å². The highest BCUT2D eigenvalue weighted by Gasteiger charge is 2.32. The molecule has 0 saturated carbocycles. The van der Waals surface area contributed by atoms with Gasteiger partial charge in [0.1, 0.15) is 0 Å². The number of hydrogen-bond donors (Lipinski definition) is 1. The van der Waals surface area contributed by atoms with Gasteiger partial charge in [-0.3, -0.25) is 9.59 Å². The van der Waals surface area contributed by atoms with E-state index in [0.29, 0.717) is 25.5 Å². The Morgan fingerprint density at radius 3 is 2.47 bits per heavy atom. The number of hydrogen-bond acceptors (Lipinski definition) is 6. The van der Waals surface area contributed by atoms with Crippen LogP contribution in [0.5, 0.6) is 0 Å². The molecule has 1 rings (SSSR count). The normalized spacial score (nSPS) is 20.3. The highest BCUT2D eigenvalue weighted by Crippen LogP contribution is 2.23. The summed E-state index contributed by atoms with van der Waals surface area (Å²) in [6, 6.07) is 2.31. The van der Waals surface area contributed by atoms with Crippen molar-refractivity contribution in [2.45, 2.75) is 82.3 Å². The molecule has 0 spiro atoms. The van der Waals surface area contributed by atoms with Crippen molar-refractivity contribution in [2.24, 2.45) is 5.92 Å². The first-order valence-corrected chi connectivity index (χ1v) is 16.0. The lowest BCUT2D eigenvalue weighted by atomic mass is 10.0. The maximum Gasteiger partial charge on any atom is 0.391 e. The van der Waals surface area contributed by atoms with Gasteiger partial charge in [0.25, 0.3) is 0 Å². The first kappa shape index (κ1) is 27.3. The topological polar surface area (TPSA) is 82.1 Å². The van der Waals surface area contributed by atoms with Crippen molar-refractivity contribution in [3.05, 3.63) is 0 Å². The molecule has 3 atom stereocenters. The zero-order chi connectivity index (χ0) is 22.6. The van der Waals surface area contributed by atoms with Crippen molar-refractivity contribution >= 4 is 29.3 Å². The van der Waals surface area contributed by atoms with E-state index in [0.717, 1.165) is 31.4 Å². The van der Waals surface area contributed by atoms with Crippen LogP contribution in [0.15, 0.2) is 0 Å². The maximum atomic E-state index is 12.0. The van der Waals surface area contributed by atoms with Gasteiger partial charge in [-0.25, -0.2) is 0 Å². The number of rotatable bonds is 16. The highest BCUT2D eigenvalue weighted by molar-refractivity contribution is 6.71. The lowest BCUT2D eigenvalue weighted by molar-refractivity contribution is -0.153. The third kappa shape index (κ3) is 13.5.